The fourth-order valence-corrected chi connectivity index (χ4v) is 2.40. The first-order valence-corrected chi connectivity index (χ1v) is 6.80. The lowest BCUT2D eigenvalue weighted by molar-refractivity contribution is 0.194. The second-order valence-corrected chi connectivity index (χ2v) is 5.06. The van der Waals surface area contributed by atoms with E-state index in [0.29, 0.717) is 17.0 Å². The zero-order valence-corrected chi connectivity index (χ0v) is 12.6. The Hall–Kier alpha value is -2.67. The average molecular weight is 318 g/mol. The van der Waals surface area contributed by atoms with E-state index in [0.717, 1.165) is 15.8 Å². The van der Waals surface area contributed by atoms with E-state index in [2.05, 4.69) is 15.1 Å². The Morgan fingerprint density at radius 3 is 2.82 bits per heavy atom. The summed E-state index contributed by atoms with van der Waals surface area (Å²) in [5, 5.41) is 14.2. The molecule has 0 atom stereocenters. The van der Waals surface area contributed by atoms with Crippen molar-refractivity contribution in [1.82, 2.24) is 19.7 Å². The highest BCUT2D eigenvalue weighted by Crippen LogP contribution is 2.27. The Kier molecular flexibility index (Phi) is 3.42. The van der Waals surface area contributed by atoms with E-state index in [-0.39, 0.29) is 5.28 Å². The monoisotopic (exact) mass is 317 g/mol. The maximum atomic E-state index is 11.3. The molecule has 0 aliphatic carbocycles. The van der Waals surface area contributed by atoms with Gasteiger partial charge in [0.2, 0.25) is 5.28 Å². The van der Waals surface area contributed by atoms with Crippen LogP contribution in [0.3, 0.4) is 0 Å². The van der Waals surface area contributed by atoms with Gasteiger partial charge in [-0.3, -0.25) is 0 Å². The summed E-state index contributed by atoms with van der Waals surface area (Å²) in [4.78, 5) is 21.0. The molecule has 3 aromatic rings. The second kappa shape index (κ2) is 5.27. The molecule has 0 spiro atoms. The third-order valence-corrected chi connectivity index (χ3v) is 3.56. The maximum Gasteiger partial charge on any atom is 0.432 e. The number of fused-ring (bicyclic) bond motifs is 1. The van der Waals surface area contributed by atoms with Gasteiger partial charge < -0.3 is 10.0 Å². The first kappa shape index (κ1) is 14.3. The van der Waals surface area contributed by atoms with Gasteiger partial charge in [-0.1, -0.05) is 0 Å². The zero-order valence-electron chi connectivity index (χ0n) is 11.9. The van der Waals surface area contributed by atoms with Gasteiger partial charge in [0, 0.05) is 24.3 Å². The third kappa shape index (κ3) is 2.35. The molecule has 1 N–H and O–H groups in total. The summed E-state index contributed by atoms with van der Waals surface area (Å²) in [6.45, 7) is 1.77. The van der Waals surface area contributed by atoms with E-state index in [1.807, 2.05) is 19.2 Å². The molecule has 3 rings (SSSR count). The molecule has 0 aliphatic rings. The number of nitrogens with zero attached hydrogens (tertiary/aromatic N) is 5. The highest BCUT2D eigenvalue weighted by Gasteiger charge is 2.14. The summed E-state index contributed by atoms with van der Waals surface area (Å²) in [6.07, 6.45) is 0.439. The first-order valence-electron chi connectivity index (χ1n) is 6.42. The lowest BCUT2D eigenvalue weighted by Crippen LogP contribution is -2.12. The smallest absolute Gasteiger partial charge is 0.432 e. The van der Waals surface area contributed by atoms with Crippen LogP contribution in [0.4, 0.5) is 16.3 Å². The lowest BCUT2D eigenvalue weighted by atomic mass is 10.2. The fraction of sp³-hybridized carbons (Fsp3) is 0.143. The highest BCUT2D eigenvalue weighted by molar-refractivity contribution is 6.28. The molecule has 0 unspecified atom stereocenters. The van der Waals surface area contributed by atoms with Gasteiger partial charge in [-0.2, -0.15) is 9.78 Å². The molecule has 0 fully saturated rings. The third-order valence-electron chi connectivity index (χ3n) is 3.37. The number of carbonyl (C=O) groups is 1. The lowest BCUT2D eigenvalue weighted by Gasteiger charge is -2.18. The number of rotatable bonds is 2. The Balaban J connectivity index is 2.12. The van der Waals surface area contributed by atoms with Crippen molar-refractivity contribution >= 4 is 40.1 Å². The number of hydrogen-bond donors (Lipinski definition) is 1. The number of benzene rings is 1. The van der Waals surface area contributed by atoms with Crippen LogP contribution in [0.25, 0.3) is 10.9 Å². The van der Waals surface area contributed by atoms with Crippen molar-refractivity contribution in [2.45, 2.75) is 6.92 Å². The number of halogens is 1. The van der Waals surface area contributed by atoms with Crippen molar-refractivity contribution in [2.75, 3.05) is 11.9 Å². The molecule has 2 aromatic heterocycles. The van der Waals surface area contributed by atoms with Crippen molar-refractivity contribution in [3.05, 3.63) is 41.4 Å². The Bertz CT molecular complexity index is 877. The molecule has 112 valence electrons. The normalized spacial score (nSPS) is 10.9. The number of carboxylic acid groups (broad SMARTS) is 1. The fourth-order valence-electron chi connectivity index (χ4n) is 2.26. The molecular formula is C14H12ClN5O2. The predicted molar refractivity (Wildman–Crippen MR) is 83.0 cm³/mol. The van der Waals surface area contributed by atoms with Gasteiger partial charge in [0.25, 0.3) is 0 Å². The standard InChI is InChI=1S/C14H12ClN5O2/c1-8-10-4-3-9(7-11(10)20(18-8)14(21)22)19(2)12-5-6-16-13(15)17-12/h3-7H,1-2H3,(H,21,22). The molecule has 0 bridgehead atoms. The van der Waals surface area contributed by atoms with Gasteiger partial charge >= 0.3 is 6.09 Å². The number of aromatic nitrogens is 4. The van der Waals surface area contributed by atoms with E-state index >= 15 is 0 Å². The molecule has 0 saturated carbocycles. The second-order valence-electron chi connectivity index (χ2n) is 4.72. The van der Waals surface area contributed by atoms with Crippen LogP contribution in [0.15, 0.2) is 30.5 Å². The molecule has 7 nitrogen and oxygen atoms in total. The molecule has 0 radical (unpaired) electrons. The summed E-state index contributed by atoms with van der Waals surface area (Å²) in [5.41, 5.74) is 1.95. The summed E-state index contributed by atoms with van der Waals surface area (Å²) in [7, 11) is 1.81. The van der Waals surface area contributed by atoms with Crippen LogP contribution >= 0.6 is 11.6 Å². The van der Waals surface area contributed by atoms with Crippen molar-refractivity contribution in [3.8, 4) is 0 Å². The van der Waals surface area contributed by atoms with Crippen LogP contribution in [-0.4, -0.2) is 38.0 Å². The minimum absolute atomic E-state index is 0.150. The SMILES string of the molecule is Cc1nn(C(=O)O)c2cc(N(C)c3ccnc(Cl)n3)ccc12. The topological polar surface area (TPSA) is 84.1 Å². The summed E-state index contributed by atoms with van der Waals surface area (Å²) in [6, 6.07) is 7.18. The number of anilines is 2. The van der Waals surface area contributed by atoms with E-state index in [1.165, 1.54) is 0 Å². The van der Waals surface area contributed by atoms with Crippen LogP contribution in [0.2, 0.25) is 5.28 Å². The van der Waals surface area contributed by atoms with Gasteiger partial charge in [0.05, 0.1) is 11.2 Å². The Morgan fingerprint density at radius 2 is 2.14 bits per heavy atom. The van der Waals surface area contributed by atoms with Crippen LogP contribution < -0.4 is 4.90 Å². The van der Waals surface area contributed by atoms with Crippen LogP contribution in [-0.2, 0) is 0 Å². The maximum absolute atomic E-state index is 11.3. The van der Waals surface area contributed by atoms with Gasteiger partial charge in [0.15, 0.2) is 0 Å². The molecular weight excluding hydrogens is 306 g/mol. The molecule has 0 aliphatic heterocycles. The largest absolute Gasteiger partial charge is 0.463 e. The summed E-state index contributed by atoms with van der Waals surface area (Å²) in [5.74, 6) is 0.609. The van der Waals surface area contributed by atoms with Crippen molar-refractivity contribution in [1.29, 1.82) is 0 Å². The molecule has 2 heterocycles. The Morgan fingerprint density at radius 1 is 1.36 bits per heavy atom. The van der Waals surface area contributed by atoms with Gasteiger partial charge in [-0.05, 0) is 42.8 Å². The number of aryl methyl sites for hydroxylation is 1. The van der Waals surface area contributed by atoms with E-state index < -0.39 is 6.09 Å². The first-order chi connectivity index (χ1) is 10.5. The van der Waals surface area contributed by atoms with Crippen molar-refractivity contribution < 1.29 is 9.90 Å². The minimum Gasteiger partial charge on any atom is -0.463 e. The van der Waals surface area contributed by atoms with Crippen molar-refractivity contribution in [2.24, 2.45) is 0 Å². The van der Waals surface area contributed by atoms with Crippen LogP contribution in [0.1, 0.15) is 5.69 Å². The zero-order chi connectivity index (χ0) is 15.9. The summed E-state index contributed by atoms with van der Waals surface area (Å²) >= 11 is 5.80. The molecule has 22 heavy (non-hydrogen) atoms. The molecule has 0 saturated heterocycles. The van der Waals surface area contributed by atoms with Gasteiger partial charge in [0.1, 0.15) is 5.82 Å². The van der Waals surface area contributed by atoms with Gasteiger partial charge in [-0.15, -0.1) is 0 Å². The minimum atomic E-state index is -1.12. The summed E-state index contributed by atoms with van der Waals surface area (Å²) < 4.78 is 0.967. The van der Waals surface area contributed by atoms with E-state index in [4.69, 9.17) is 11.6 Å². The highest BCUT2D eigenvalue weighted by atomic mass is 35.5. The molecule has 0 amide bonds. The van der Waals surface area contributed by atoms with Crippen LogP contribution in [0, 0.1) is 6.92 Å². The van der Waals surface area contributed by atoms with Gasteiger partial charge in [-0.25, -0.2) is 14.8 Å². The number of hydrogen-bond acceptors (Lipinski definition) is 5. The van der Waals surface area contributed by atoms with Crippen molar-refractivity contribution in [3.63, 3.8) is 0 Å². The average Bonchev–Trinajstić information content (AvgIpc) is 2.83. The van der Waals surface area contributed by atoms with E-state index in [9.17, 15) is 9.90 Å². The van der Waals surface area contributed by atoms with Crippen LogP contribution in [0.5, 0.6) is 0 Å². The quantitative estimate of drug-likeness (QED) is 0.731. The molecule has 8 heteroatoms. The predicted octanol–water partition coefficient (Wildman–Crippen LogP) is 3.08. The molecule has 1 aromatic carbocycles. The van der Waals surface area contributed by atoms with E-state index in [1.54, 1.807) is 30.2 Å². The Labute approximate surface area is 130 Å².